The minimum Gasteiger partial charge on any atom is -0.392 e. The van der Waals surface area contributed by atoms with Crippen LogP contribution in [-0.2, 0) is 17.4 Å². The Bertz CT molecular complexity index is 368. The second-order valence-corrected chi connectivity index (χ2v) is 7.00. The van der Waals surface area contributed by atoms with E-state index in [1.54, 1.807) is 0 Å². The van der Waals surface area contributed by atoms with Gasteiger partial charge < -0.3 is 5.11 Å². The maximum atomic E-state index is 9.72. The summed E-state index contributed by atoms with van der Waals surface area (Å²) in [5.41, 5.74) is 5.07. The summed E-state index contributed by atoms with van der Waals surface area (Å²) in [6.45, 7) is 15.5. The molecule has 1 aromatic carbocycles. The third-order valence-corrected chi connectivity index (χ3v) is 3.17. The van der Waals surface area contributed by atoms with Crippen molar-refractivity contribution in [1.82, 2.24) is 0 Å². The van der Waals surface area contributed by atoms with E-state index in [4.69, 9.17) is 0 Å². The molecule has 0 fully saturated rings. The second-order valence-electron chi connectivity index (χ2n) is 7.00. The molecular weight excluding hydrogens is 208 g/mol. The summed E-state index contributed by atoms with van der Waals surface area (Å²) in [5.74, 6) is 0. The minimum atomic E-state index is 0.0735. The van der Waals surface area contributed by atoms with E-state index < -0.39 is 0 Å². The molecule has 0 saturated carbocycles. The van der Waals surface area contributed by atoms with E-state index in [0.717, 1.165) is 5.56 Å². The van der Waals surface area contributed by atoms with Gasteiger partial charge in [0.1, 0.15) is 0 Å². The summed E-state index contributed by atoms with van der Waals surface area (Å²) in [4.78, 5) is 0. The zero-order valence-corrected chi connectivity index (χ0v) is 12.3. The Hall–Kier alpha value is -0.820. The maximum absolute atomic E-state index is 9.72. The Morgan fingerprint density at radius 3 is 1.47 bits per heavy atom. The molecular formula is C16H26O. The molecule has 0 unspecified atom stereocenters. The summed E-state index contributed by atoms with van der Waals surface area (Å²) in [5, 5.41) is 9.72. The van der Waals surface area contributed by atoms with Crippen LogP contribution in [0, 0.1) is 6.92 Å². The molecule has 0 aliphatic heterocycles. The van der Waals surface area contributed by atoms with Gasteiger partial charge in [0, 0.05) is 0 Å². The van der Waals surface area contributed by atoms with E-state index in [9.17, 15) is 5.11 Å². The van der Waals surface area contributed by atoms with Crippen molar-refractivity contribution in [3.05, 3.63) is 34.4 Å². The molecule has 0 bridgehead atoms. The Kier molecular flexibility index (Phi) is 3.73. The largest absolute Gasteiger partial charge is 0.392 e. The van der Waals surface area contributed by atoms with Gasteiger partial charge in [-0.25, -0.2) is 0 Å². The van der Waals surface area contributed by atoms with Crippen LogP contribution in [0.2, 0.25) is 0 Å². The third kappa shape index (κ3) is 3.10. The molecule has 0 radical (unpaired) electrons. The SMILES string of the molecule is Cc1cc(C(C)(C)C)c(CO)c(C(C)(C)C)c1. The van der Waals surface area contributed by atoms with Gasteiger partial charge in [0.2, 0.25) is 0 Å². The molecule has 0 atom stereocenters. The molecule has 0 aliphatic carbocycles. The molecule has 0 saturated heterocycles. The number of aliphatic hydroxyl groups excluding tert-OH is 1. The van der Waals surface area contributed by atoms with Gasteiger partial charge in [0.25, 0.3) is 0 Å². The van der Waals surface area contributed by atoms with Crippen molar-refractivity contribution in [2.75, 3.05) is 0 Å². The molecule has 1 nitrogen and oxygen atoms in total. The first-order chi connectivity index (χ1) is 7.57. The highest BCUT2D eigenvalue weighted by molar-refractivity contribution is 5.45. The molecule has 96 valence electrons. The lowest BCUT2D eigenvalue weighted by Gasteiger charge is -2.30. The number of aliphatic hydroxyl groups is 1. The Morgan fingerprint density at radius 1 is 0.882 bits per heavy atom. The van der Waals surface area contributed by atoms with Crippen LogP contribution in [0.5, 0.6) is 0 Å². The van der Waals surface area contributed by atoms with Crippen LogP contribution in [0.25, 0.3) is 0 Å². The molecule has 0 heterocycles. The standard InChI is InChI=1S/C16H26O/c1-11-8-13(15(2,3)4)12(10-17)14(9-11)16(5,6)7/h8-9,17H,10H2,1-7H3. The second kappa shape index (κ2) is 4.45. The number of aryl methyl sites for hydroxylation is 1. The topological polar surface area (TPSA) is 20.2 Å². The smallest absolute Gasteiger partial charge is 0.0687 e. The molecule has 0 aromatic heterocycles. The van der Waals surface area contributed by atoms with E-state index in [1.165, 1.54) is 16.7 Å². The molecule has 17 heavy (non-hydrogen) atoms. The number of hydrogen-bond donors (Lipinski definition) is 1. The number of benzene rings is 1. The van der Waals surface area contributed by atoms with Crippen LogP contribution in [0.3, 0.4) is 0 Å². The van der Waals surface area contributed by atoms with Crippen LogP contribution in [0.4, 0.5) is 0 Å². The Morgan fingerprint density at radius 2 is 1.24 bits per heavy atom. The van der Waals surface area contributed by atoms with E-state index in [-0.39, 0.29) is 17.4 Å². The molecule has 0 amide bonds. The maximum Gasteiger partial charge on any atom is 0.0687 e. The Balaban J connectivity index is 3.58. The quantitative estimate of drug-likeness (QED) is 0.776. The van der Waals surface area contributed by atoms with Crippen LogP contribution < -0.4 is 0 Å². The van der Waals surface area contributed by atoms with Gasteiger partial charge in [-0.3, -0.25) is 0 Å². The van der Waals surface area contributed by atoms with E-state index >= 15 is 0 Å². The van der Waals surface area contributed by atoms with Crippen LogP contribution in [0.1, 0.15) is 63.8 Å². The average molecular weight is 234 g/mol. The molecule has 1 N–H and O–H groups in total. The van der Waals surface area contributed by atoms with E-state index in [2.05, 4.69) is 60.6 Å². The molecule has 0 aliphatic rings. The lowest BCUT2D eigenvalue weighted by atomic mass is 9.75. The third-order valence-electron chi connectivity index (χ3n) is 3.17. The van der Waals surface area contributed by atoms with Crippen LogP contribution >= 0.6 is 0 Å². The first-order valence-corrected chi connectivity index (χ1v) is 6.32. The summed E-state index contributed by atoms with van der Waals surface area (Å²) < 4.78 is 0. The van der Waals surface area contributed by atoms with E-state index in [0.29, 0.717) is 0 Å². The highest BCUT2D eigenvalue weighted by Crippen LogP contribution is 2.34. The normalized spacial score (nSPS) is 12.9. The van der Waals surface area contributed by atoms with Crippen molar-refractivity contribution >= 4 is 0 Å². The first kappa shape index (κ1) is 14.2. The summed E-state index contributed by atoms with van der Waals surface area (Å²) in [6.07, 6.45) is 0. The predicted molar refractivity (Wildman–Crippen MR) is 74.5 cm³/mol. The number of rotatable bonds is 1. The van der Waals surface area contributed by atoms with Crippen LogP contribution in [0.15, 0.2) is 12.1 Å². The van der Waals surface area contributed by atoms with Crippen molar-refractivity contribution in [3.63, 3.8) is 0 Å². The van der Waals surface area contributed by atoms with Crippen LogP contribution in [-0.4, -0.2) is 5.11 Å². The van der Waals surface area contributed by atoms with Crippen molar-refractivity contribution in [2.24, 2.45) is 0 Å². The van der Waals surface area contributed by atoms with Gasteiger partial charge >= 0.3 is 0 Å². The van der Waals surface area contributed by atoms with Crippen molar-refractivity contribution in [3.8, 4) is 0 Å². The number of hydrogen-bond acceptors (Lipinski definition) is 1. The molecule has 1 aromatic rings. The van der Waals surface area contributed by atoms with Gasteiger partial charge in [-0.1, -0.05) is 59.2 Å². The zero-order chi connectivity index (χ0) is 13.4. The fourth-order valence-electron chi connectivity index (χ4n) is 2.33. The minimum absolute atomic E-state index is 0.0735. The first-order valence-electron chi connectivity index (χ1n) is 6.32. The van der Waals surface area contributed by atoms with Gasteiger partial charge in [-0.2, -0.15) is 0 Å². The van der Waals surface area contributed by atoms with Crippen molar-refractivity contribution in [2.45, 2.75) is 65.9 Å². The molecule has 1 heteroatoms. The predicted octanol–water partition coefficient (Wildman–Crippen LogP) is 4.08. The van der Waals surface area contributed by atoms with Crippen molar-refractivity contribution in [1.29, 1.82) is 0 Å². The van der Waals surface area contributed by atoms with Gasteiger partial charge in [0.15, 0.2) is 0 Å². The van der Waals surface area contributed by atoms with E-state index in [1.807, 2.05) is 0 Å². The highest BCUT2D eigenvalue weighted by Gasteiger charge is 2.25. The summed E-state index contributed by atoms with van der Waals surface area (Å²) in [6, 6.07) is 4.42. The summed E-state index contributed by atoms with van der Waals surface area (Å²) in [7, 11) is 0. The lowest BCUT2D eigenvalue weighted by molar-refractivity contribution is 0.275. The van der Waals surface area contributed by atoms with Gasteiger partial charge in [0.05, 0.1) is 6.61 Å². The fourth-order valence-corrected chi connectivity index (χ4v) is 2.33. The highest BCUT2D eigenvalue weighted by atomic mass is 16.3. The average Bonchev–Trinajstić information content (AvgIpc) is 2.13. The van der Waals surface area contributed by atoms with Gasteiger partial charge in [-0.05, 0) is 34.4 Å². The Labute approximate surface area is 106 Å². The molecule has 0 spiro atoms. The monoisotopic (exact) mass is 234 g/mol. The van der Waals surface area contributed by atoms with Crippen molar-refractivity contribution < 1.29 is 5.11 Å². The molecule has 1 rings (SSSR count). The summed E-state index contributed by atoms with van der Waals surface area (Å²) >= 11 is 0. The van der Waals surface area contributed by atoms with Gasteiger partial charge in [-0.15, -0.1) is 0 Å². The lowest BCUT2D eigenvalue weighted by Crippen LogP contribution is -2.21. The fraction of sp³-hybridized carbons (Fsp3) is 0.625. The zero-order valence-electron chi connectivity index (χ0n) is 12.3.